The van der Waals surface area contributed by atoms with Gasteiger partial charge in [-0.1, -0.05) is 32.4 Å². The molecule has 4 aliphatic rings. The van der Waals surface area contributed by atoms with Gasteiger partial charge < -0.3 is 9.90 Å². The van der Waals surface area contributed by atoms with Gasteiger partial charge in [-0.3, -0.25) is 4.79 Å². The molecule has 8 atom stereocenters. The number of aldehydes is 1. The van der Waals surface area contributed by atoms with Crippen molar-refractivity contribution >= 4 is 12.1 Å². The molecule has 3 nitrogen and oxygen atoms in total. The van der Waals surface area contributed by atoms with Crippen LogP contribution in [0.5, 0.6) is 0 Å². The molecule has 0 aromatic rings. The van der Waals surface area contributed by atoms with Gasteiger partial charge in [-0.2, -0.15) is 0 Å². The van der Waals surface area contributed by atoms with Crippen LogP contribution in [-0.2, 0) is 9.59 Å². The molecule has 3 heteroatoms. The molecule has 0 aromatic carbocycles. The van der Waals surface area contributed by atoms with Crippen LogP contribution in [0.3, 0.4) is 0 Å². The number of rotatable bonds is 2. The first-order chi connectivity index (χ1) is 11.8. The van der Waals surface area contributed by atoms with Crippen molar-refractivity contribution < 1.29 is 14.7 Å². The minimum atomic E-state index is -0.365. The molecule has 25 heavy (non-hydrogen) atoms. The van der Waals surface area contributed by atoms with Gasteiger partial charge in [0.15, 0.2) is 5.78 Å². The summed E-state index contributed by atoms with van der Waals surface area (Å²) in [4.78, 5) is 23.3. The van der Waals surface area contributed by atoms with E-state index < -0.39 is 0 Å². The second kappa shape index (κ2) is 5.64. The summed E-state index contributed by atoms with van der Waals surface area (Å²) in [5.41, 5.74) is 1.02. The predicted molar refractivity (Wildman–Crippen MR) is 96.7 cm³/mol. The van der Waals surface area contributed by atoms with Crippen LogP contribution in [0.4, 0.5) is 0 Å². The first-order valence-corrected chi connectivity index (χ1v) is 9.90. The molecule has 3 saturated carbocycles. The average Bonchev–Trinajstić information content (AvgIpc) is 2.95. The SMILES string of the molecule is CC(C=O)[C@H]1CC[C@H]2[C@@H]3CCC4=CC(=O)C=C[C@]4(C)[C@H]3CC(O)[C@]12C. The highest BCUT2D eigenvalue weighted by Gasteiger charge is 2.62. The van der Waals surface area contributed by atoms with Crippen molar-refractivity contribution in [3.63, 3.8) is 0 Å². The lowest BCUT2D eigenvalue weighted by atomic mass is 9.46. The zero-order valence-electron chi connectivity index (χ0n) is 15.6. The molecule has 0 heterocycles. The van der Waals surface area contributed by atoms with Gasteiger partial charge in [0.2, 0.25) is 0 Å². The molecule has 0 amide bonds. The second-order valence-electron chi connectivity index (χ2n) is 9.40. The Kier molecular flexibility index (Phi) is 3.88. The number of carbonyl (C=O) groups is 2. The molecule has 1 N–H and O–H groups in total. The Balaban J connectivity index is 1.71. The van der Waals surface area contributed by atoms with Crippen molar-refractivity contribution in [3.8, 4) is 0 Å². The molecule has 4 aliphatic carbocycles. The average molecular weight is 342 g/mol. The largest absolute Gasteiger partial charge is 0.393 e. The highest BCUT2D eigenvalue weighted by Crippen LogP contribution is 2.66. The van der Waals surface area contributed by atoms with E-state index in [0.29, 0.717) is 23.7 Å². The van der Waals surface area contributed by atoms with Crippen LogP contribution in [-0.4, -0.2) is 23.3 Å². The van der Waals surface area contributed by atoms with E-state index in [1.807, 2.05) is 13.0 Å². The third-order valence-electron chi connectivity index (χ3n) is 8.58. The van der Waals surface area contributed by atoms with Gasteiger partial charge in [0.1, 0.15) is 6.29 Å². The summed E-state index contributed by atoms with van der Waals surface area (Å²) in [5.74, 6) is 1.88. The van der Waals surface area contributed by atoms with E-state index in [-0.39, 0.29) is 28.6 Å². The van der Waals surface area contributed by atoms with Crippen molar-refractivity contribution in [2.24, 2.45) is 40.4 Å². The molecule has 136 valence electrons. The summed E-state index contributed by atoms with van der Waals surface area (Å²) in [5, 5.41) is 11.2. The topological polar surface area (TPSA) is 54.4 Å². The minimum Gasteiger partial charge on any atom is -0.393 e. The number of allylic oxidation sites excluding steroid dienone is 4. The van der Waals surface area contributed by atoms with E-state index in [1.165, 1.54) is 5.57 Å². The van der Waals surface area contributed by atoms with E-state index >= 15 is 0 Å². The van der Waals surface area contributed by atoms with Crippen LogP contribution >= 0.6 is 0 Å². The fourth-order valence-electron chi connectivity index (χ4n) is 7.15. The number of fused-ring (bicyclic) bond motifs is 5. The molecule has 0 saturated heterocycles. The first kappa shape index (κ1) is 17.2. The summed E-state index contributed by atoms with van der Waals surface area (Å²) in [6.45, 7) is 6.52. The third-order valence-corrected chi connectivity index (χ3v) is 8.58. The Bertz CT molecular complexity index is 662. The van der Waals surface area contributed by atoms with Gasteiger partial charge >= 0.3 is 0 Å². The quantitative estimate of drug-likeness (QED) is 0.778. The Morgan fingerprint density at radius 2 is 2.00 bits per heavy atom. The van der Waals surface area contributed by atoms with Crippen LogP contribution in [0.1, 0.15) is 52.9 Å². The number of aliphatic hydroxyl groups is 1. The van der Waals surface area contributed by atoms with Crippen molar-refractivity contribution in [1.29, 1.82) is 0 Å². The molecule has 0 radical (unpaired) electrons. The first-order valence-electron chi connectivity index (χ1n) is 9.90. The van der Waals surface area contributed by atoms with E-state index in [0.717, 1.165) is 38.4 Å². The number of ketones is 1. The van der Waals surface area contributed by atoms with Gasteiger partial charge in [-0.25, -0.2) is 0 Å². The molecule has 0 spiro atoms. The fraction of sp³-hybridized carbons (Fsp3) is 0.727. The molecule has 0 aromatic heterocycles. The van der Waals surface area contributed by atoms with Crippen LogP contribution in [0.15, 0.2) is 23.8 Å². The molecule has 4 rings (SSSR count). The van der Waals surface area contributed by atoms with Crippen LogP contribution in [0.25, 0.3) is 0 Å². The number of aliphatic hydroxyl groups excluding tert-OH is 1. The second-order valence-corrected chi connectivity index (χ2v) is 9.40. The van der Waals surface area contributed by atoms with E-state index in [4.69, 9.17) is 0 Å². The number of carbonyl (C=O) groups excluding carboxylic acids is 2. The Hall–Kier alpha value is -1.22. The number of hydrogen-bond donors (Lipinski definition) is 1. The molecule has 2 unspecified atom stereocenters. The van der Waals surface area contributed by atoms with E-state index in [2.05, 4.69) is 19.9 Å². The lowest BCUT2D eigenvalue weighted by molar-refractivity contribution is -0.136. The monoisotopic (exact) mass is 342 g/mol. The van der Waals surface area contributed by atoms with E-state index in [9.17, 15) is 14.7 Å². The van der Waals surface area contributed by atoms with Crippen molar-refractivity contribution in [3.05, 3.63) is 23.8 Å². The maximum atomic E-state index is 11.8. The smallest absolute Gasteiger partial charge is 0.178 e. The summed E-state index contributed by atoms with van der Waals surface area (Å²) >= 11 is 0. The van der Waals surface area contributed by atoms with Gasteiger partial charge in [-0.15, -0.1) is 0 Å². The number of hydrogen-bond acceptors (Lipinski definition) is 3. The van der Waals surface area contributed by atoms with Gasteiger partial charge in [-0.05, 0) is 67.9 Å². The maximum Gasteiger partial charge on any atom is 0.178 e. The third kappa shape index (κ3) is 2.21. The molecule has 0 bridgehead atoms. The zero-order chi connectivity index (χ0) is 18.0. The highest BCUT2D eigenvalue weighted by atomic mass is 16.3. The normalized spacial score (nSPS) is 49.7. The maximum absolute atomic E-state index is 11.8. The summed E-state index contributed by atoms with van der Waals surface area (Å²) in [6.07, 6.45) is 11.4. The van der Waals surface area contributed by atoms with Crippen LogP contribution in [0.2, 0.25) is 0 Å². The highest BCUT2D eigenvalue weighted by molar-refractivity contribution is 6.01. The molecule has 3 fully saturated rings. The lowest BCUT2D eigenvalue weighted by Crippen LogP contribution is -2.56. The fourth-order valence-corrected chi connectivity index (χ4v) is 7.15. The zero-order valence-corrected chi connectivity index (χ0v) is 15.6. The summed E-state index contributed by atoms with van der Waals surface area (Å²) < 4.78 is 0. The molecule has 0 aliphatic heterocycles. The minimum absolute atomic E-state index is 0.0167. The standard InChI is InChI=1S/C22H30O3/c1-13(12-23)17-6-7-18-16-5-4-14-10-15(24)8-9-21(14,2)19(16)11-20(25)22(17,18)3/h8-10,12-13,16-20,25H,4-7,11H2,1-3H3/t13?,16-,17+,18-,19-,20?,21-,22+/m0/s1. The van der Waals surface area contributed by atoms with Gasteiger partial charge in [0.25, 0.3) is 0 Å². The van der Waals surface area contributed by atoms with Crippen LogP contribution < -0.4 is 0 Å². The Labute approximate surface area is 150 Å². The van der Waals surface area contributed by atoms with Crippen LogP contribution in [0, 0.1) is 40.4 Å². The Morgan fingerprint density at radius 1 is 1.24 bits per heavy atom. The van der Waals surface area contributed by atoms with Gasteiger partial charge in [0, 0.05) is 16.7 Å². The van der Waals surface area contributed by atoms with E-state index in [1.54, 1.807) is 6.08 Å². The lowest BCUT2D eigenvalue weighted by Gasteiger charge is -2.59. The summed E-state index contributed by atoms with van der Waals surface area (Å²) in [7, 11) is 0. The molecular formula is C22H30O3. The van der Waals surface area contributed by atoms with Crippen molar-refractivity contribution in [2.45, 2.75) is 59.0 Å². The molecular weight excluding hydrogens is 312 g/mol. The van der Waals surface area contributed by atoms with Crippen molar-refractivity contribution in [2.75, 3.05) is 0 Å². The predicted octanol–water partition coefficient (Wildman–Crippen LogP) is 3.72. The van der Waals surface area contributed by atoms with Gasteiger partial charge in [0.05, 0.1) is 6.10 Å². The Morgan fingerprint density at radius 3 is 2.72 bits per heavy atom. The van der Waals surface area contributed by atoms with Crippen molar-refractivity contribution in [1.82, 2.24) is 0 Å². The summed E-state index contributed by atoms with van der Waals surface area (Å²) in [6, 6.07) is 0.